The van der Waals surface area contributed by atoms with Gasteiger partial charge in [0, 0.05) is 12.3 Å². The Hall–Kier alpha value is -3.74. The van der Waals surface area contributed by atoms with Crippen LogP contribution in [-0.2, 0) is 44.4 Å². The summed E-state index contributed by atoms with van der Waals surface area (Å²) in [5, 5.41) is 15.7. The highest BCUT2D eigenvalue weighted by molar-refractivity contribution is 7.98. The first kappa shape index (κ1) is 40.7. The fraction of sp³-hybridized carbons (Fsp3) is 0.567. The summed E-state index contributed by atoms with van der Waals surface area (Å²) in [5.41, 5.74) is -4.75. The minimum Gasteiger partial charge on any atom is -0.462 e. The Labute approximate surface area is 291 Å². The molecule has 1 aromatic heterocycles. The van der Waals surface area contributed by atoms with Crippen molar-refractivity contribution in [3.8, 4) is 5.75 Å². The van der Waals surface area contributed by atoms with Crippen LogP contribution in [0, 0.1) is 0 Å². The number of alkyl halides is 1. The molecule has 17 nitrogen and oxygen atoms in total. The minimum absolute atomic E-state index is 0.0972. The number of para-hydroxylation sites is 1. The van der Waals surface area contributed by atoms with E-state index in [9.17, 15) is 33.6 Å². The number of amides is 1. The highest BCUT2D eigenvalue weighted by Gasteiger charge is 2.56. The van der Waals surface area contributed by atoms with Crippen molar-refractivity contribution in [1.29, 1.82) is 0 Å². The van der Waals surface area contributed by atoms with Crippen LogP contribution in [-0.4, -0.2) is 94.1 Å². The van der Waals surface area contributed by atoms with Gasteiger partial charge in [-0.2, -0.15) is 16.8 Å². The molecule has 1 aliphatic rings. The molecule has 3 N–H and O–H groups in total. The van der Waals surface area contributed by atoms with Gasteiger partial charge >= 0.3 is 31.5 Å². The fourth-order valence-electron chi connectivity index (χ4n) is 4.60. The number of methoxy groups -OCH3 is 1. The van der Waals surface area contributed by atoms with E-state index in [1.54, 1.807) is 38.3 Å². The second-order valence-electron chi connectivity index (χ2n) is 11.5. The number of aliphatic hydroxyl groups excluding tert-OH is 1. The van der Waals surface area contributed by atoms with E-state index < -0.39 is 92.7 Å². The first-order valence-electron chi connectivity index (χ1n) is 15.3. The van der Waals surface area contributed by atoms with Gasteiger partial charge < -0.3 is 33.9 Å². The lowest BCUT2D eigenvalue weighted by molar-refractivity contribution is -0.150. The number of nitrogens with zero attached hydrogens (tertiary/aromatic N) is 2. The predicted octanol–water partition coefficient (Wildman–Crippen LogP) is 2.11. The maximum atomic E-state index is 16.1. The van der Waals surface area contributed by atoms with Gasteiger partial charge in [-0.3, -0.25) is 18.7 Å². The van der Waals surface area contributed by atoms with E-state index in [0.29, 0.717) is 14.9 Å². The van der Waals surface area contributed by atoms with Crippen LogP contribution < -0.4 is 26.2 Å². The number of carbonyl (C=O) groups is 3. The monoisotopic (exact) mass is 748 g/mol. The van der Waals surface area contributed by atoms with E-state index >= 15 is 4.39 Å². The average Bonchev–Trinajstić information content (AvgIpc) is 3.28. The number of aliphatic hydroxyl groups is 1. The Bertz CT molecular complexity index is 1640. The number of aromatic nitrogens is 2. The molecule has 1 fully saturated rings. The normalized spacial score (nSPS) is 22.6. The van der Waals surface area contributed by atoms with Crippen molar-refractivity contribution < 1.29 is 56.4 Å². The van der Waals surface area contributed by atoms with Crippen molar-refractivity contribution in [2.24, 2.45) is 0 Å². The van der Waals surface area contributed by atoms with Crippen molar-refractivity contribution in [3.05, 3.63) is 63.4 Å². The molecule has 0 radical (unpaired) electrons. The molecule has 2 heterocycles. The van der Waals surface area contributed by atoms with Crippen LogP contribution >= 0.6 is 19.5 Å². The summed E-state index contributed by atoms with van der Waals surface area (Å²) >= 11 is 1.40. The number of nitrogens with one attached hydrogen (secondary N) is 2. The van der Waals surface area contributed by atoms with E-state index in [0.717, 1.165) is 26.3 Å². The zero-order valence-corrected chi connectivity index (χ0v) is 30.0. The summed E-state index contributed by atoms with van der Waals surface area (Å²) in [6.45, 7) is 3.91. The van der Waals surface area contributed by atoms with Crippen LogP contribution in [0.4, 0.5) is 9.18 Å². The number of benzene rings is 1. The molecule has 0 unspecified atom stereocenters. The molecule has 1 aromatic carbocycles. The molecule has 0 saturated carbocycles. The minimum atomic E-state index is -4.44. The molecule has 20 heteroatoms. The van der Waals surface area contributed by atoms with Crippen molar-refractivity contribution in [1.82, 2.24) is 19.5 Å². The molecule has 1 saturated heterocycles. The SMILES string of the molecule is COC(=O)N[C@@H](CCSC)C(=O)OCn1c(=O)ccn([C@@H]2O[C@H](CO[P@](=O)(N[C@@H](C)C(=O)OC(C)C)Oc3ccccc3)[C@@H](O)[C@@]2(C)F)c1=O. The van der Waals surface area contributed by atoms with Crippen LogP contribution in [0.3, 0.4) is 0 Å². The molecule has 7 atom stereocenters. The van der Waals surface area contributed by atoms with Crippen LogP contribution in [0.5, 0.6) is 5.75 Å². The molecule has 3 rings (SSSR count). The van der Waals surface area contributed by atoms with Crippen LogP contribution in [0.1, 0.15) is 40.3 Å². The van der Waals surface area contributed by atoms with Crippen LogP contribution in [0.25, 0.3) is 0 Å². The number of hydrogen-bond donors (Lipinski definition) is 3. The molecule has 278 valence electrons. The van der Waals surface area contributed by atoms with Crippen molar-refractivity contribution in [3.63, 3.8) is 0 Å². The van der Waals surface area contributed by atoms with Crippen LogP contribution in [0.15, 0.2) is 52.2 Å². The lowest BCUT2D eigenvalue weighted by Crippen LogP contribution is -2.47. The van der Waals surface area contributed by atoms with Gasteiger partial charge in [-0.15, -0.1) is 0 Å². The van der Waals surface area contributed by atoms with E-state index in [1.807, 2.05) is 0 Å². The van der Waals surface area contributed by atoms with Gasteiger partial charge in [0.15, 0.2) is 18.6 Å². The van der Waals surface area contributed by atoms with Crippen molar-refractivity contribution in [2.75, 3.05) is 25.7 Å². The van der Waals surface area contributed by atoms with E-state index in [-0.39, 0.29) is 12.2 Å². The smallest absolute Gasteiger partial charge is 0.459 e. The zero-order valence-electron chi connectivity index (χ0n) is 28.3. The number of ether oxygens (including phenoxy) is 4. The van der Waals surface area contributed by atoms with Crippen LogP contribution in [0.2, 0.25) is 0 Å². The number of carbonyl (C=O) groups excluding carboxylic acids is 3. The van der Waals surface area contributed by atoms with Gasteiger partial charge in [-0.1, -0.05) is 18.2 Å². The van der Waals surface area contributed by atoms with Gasteiger partial charge in [-0.05, 0) is 58.3 Å². The lowest BCUT2D eigenvalue weighted by atomic mass is 9.98. The first-order valence-corrected chi connectivity index (χ1v) is 18.3. The molecule has 1 aliphatic heterocycles. The van der Waals surface area contributed by atoms with E-state index in [2.05, 4.69) is 15.1 Å². The lowest BCUT2D eigenvalue weighted by Gasteiger charge is -2.26. The summed E-state index contributed by atoms with van der Waals surface area (Å²) in [7, 11) is -3.33. The number of thioether (sulfide) groups is 1. The standard InChI is InChI=1S/C30H42FN4O13PS/c1-18(2)46-25(38)19(3)33-49(42,48-20-10-8-7-9-11-20)45-16-22-24(37)30(4,31)27(47-22)34-14-12-23(36)35(29(34)41)17-44-26(39)21(13-15-50-6)32-28(40)43-5/h7-12,14,18-19,21-22,24,27,37H,13,15-17H2,1-6H3,(H,32,40)(H,33,42)/t19-,21-,22+,24+,27+,30+,49+/m0/s1. The molecular formula is C30H42FN4O13PS. The van der Waals surface area contributed by atoms with Crippen molar-refractivity contribution in [2.45, 2.75) is 83.1 Å². The number of alkyl carbamates (subject to hydrolysis) is 1. The van der Waals surface area contributed by atoms with Gasteiger partial charge in [0.1, 0.15) is 30.0 Å². The Morgan fingerprint density at radius 1 is 1.14 bits per heavy atom. The zero-order chi connectivity index (χ0) is 37.2. The third kappa shape index (κ3) is 10.6. The maximum Gasteiger partial charge on any atom is 0.459 e. The molecule has 1 amide bonds. The summed E-state index contributed by atoms with van der Waals surface area (Å²) in [5.74, 6) is -1.17. The molecule has 2 aromatic rings. The number of esters is 2. The number of hydrogen-bond acceptors (Lipinski definition) is 14. The van der Waals surface area contributed by atoms with Gasteiger partial charge in [0.05, 0.1) is 19.8 Å². The second-order valence-corrected chi connectivity index (χ2v) is 14.2. The van der Waals surface area contributed by atoms with Gasteiger partial charge in [-0.25, -0.2) is 27.9 Å². The van der Waals surface area contributed by atoms with Gasteiger partial charge in [0.2, 0.25) is 0 Å². The van der Waals surface area contributed by atoms with E-state index in [4.69, 9.17) is 23.3 Å². The largest absolute Gasteiger partial charge is 0.462 e. The Kier molecular flexibility index (Phi) is 14.6. The topological polar surface area (TPSA) is 212 Å². The van der Waals surface area contributed by atoms with Gasteiger partial charge in [0.25, 0.3) is 5.56 Å². The summed E-state index contributed by atoms with van der Waals surface area (Å²) in [4.78, 5) is 62.9. The Morgan fingerprint density at radius 2 is 1.82 bits per heavy atom. The maximum absolute atomic E-state index is 16.1. The quantitative estimate of drug-likeness (QED) is 0.120. The molecule has 0 spiro atoms. The third-order valence-corrected chi connectivity index (χ3v) is 9.50. The summed E-state index contributed by atoms with van der Waals surface area (Å²) in [6, 6.07) is 6.38. The summed E-state index contributed by atoms with van der Waals surface area (Å²) < 4.78 is 62.7. The average molecular weight is 749 g/mol. The Balaban J connectivity index is 1.81. The number of halogens is 1. The molecule has 0 aliphatic carbocycles. The van der Waals surface area contributed by atoms with Crippen molar-refractivity contribution >= 4 is 37.5 Å². The highest BCUT2D eigenvalue weighted by atomic mass is 32.2. The molecule has 0 bridgehead atoms. The predicted molar refractivity (Wildman–Crippen MR) is 177 cm³/mol. The fourth-order valence-corrected chi connectivity index (χ4v) is 6.57. The molecular weight excluding hydrogens is 706 g/mol. The third-order valence-electron chi connectivity index (χ3n) is 7.21. The van der Waals surface area contributed by atoms with E-state index in [1.165, 1.54) is 30.8 Å². The summed E-state index contributed by atoms with van der Waals surface area (Å²) in [6.07, 6.45) is -3.86. The first-order chi connectivity index (χ1) is 23.5. The molecule has 50 heavy (non-hydrogen) atoms. The Morgan fingerprint density at radius 3 is 2.44 bits per heavy atom. The second kappa shape index (κ2) is 18.0. The highest BCUT2D eigenvalue weighted by Crippen LogP contribution is 2.47. The number of rotatable bonds is 17.